The average molecular weight is 290 g/mol. The van der Waals surface area contributed by atoms with E-state index in [0.29, 0.717) is 0 Å². The highest BCUT2D eigenvalue weighted by Crippen LogP contribution is 2.29. The minimum absolute atomic E-state index is 0.0409. The molecule has 0 radical (unpaired) electrons. The SMILES string of the molecule is CC(=O)Nc1cccc(C(C)NC(C)(C)CC(C)(C)C)c1. The predicted molar refractivity (Wildman–Crippen MR) is 90.4 cm³/mol. The van der Waals surface area contributed by atoms with Crippen molar-refractivity contribution in [3.05, 3.63) is 29.8 Å². The molecule has 1 rings (SSSR count). The maximum atomic E-state index is 11.2. The molecule has 1 aromatic carbocycles. The first-order valence-corrected chi connectivity index (χ1v) is 7.64. The fourth-order valence-corrected chi connectivity index (χ4v) is 3.14. The first kappa shape index (κ1) is 17.7. The van der Waals surface area contributed by atoms with E-state index < -0.39 is 0 Å². The van der Waals surface area contributed by atoms with Crippen molar-refractivity contribution in [2.24, 2.45) is 5.41 Å². The Kier molecular flexibility index (Phi) is 5.57. The molecule has 0 aliphatic rings. The topological polar surface area (TPSA) is 41.1 Å². The summed E-state index contributed by atoms with van der Waals surface area (Å²) in [5.41, 5.74) is 2.38. The van der Waals surface area contributed by atoms with Crippen LogP contribution in [0.5, 0.6) is 0 Å². The molecule has 0 spiro atoms. The van der Waals surface area contributed by atoms with E-state index in [-0.39, 0.29) is 22.9 Å². The number of carbonyl (C=O) groups excluding carboxylic acids is 1. The summed E-state index contributed by atoms with van der Waals surface area (Å²) in [6, 6.07) is 8.26. The van der Waals surface area contributed by atoms with Crippen LogP contribution in [0.1, 0.15) is 66.5 Å². The summed E-state index contributed by atoms with van der Waals surface area (Å²) in [6.07, 6.45) is 1.09. The molecular weight excluding hydrogens is 260 g/mol. The molecule has 0 heterocycles. The Labute approximate surface area is 129 Å². The van der Waals surface area contributed by atoms with Gasteiger partial charge in [-0.1, -0.05) is 32.9 Å². The molecule has 1 atom stereocenters. The Morgan fingerprint density at radius 1 is 1.19 bits per heavy atom. The number of benzene rings is 1. The van der Waals surface area contributed by atoms with E-state index in [2.05, 4.69) is 58.2 Å². The van der Waals surface area contributed by atoms with Crippen molar-refractivity contribution in [3.8, 4) is 0 Å². The lowest BCUT2D eigenvalue weighted by atomic mass is 9.81. The second-order valence-electron chi connectivity index (χ2n) is 7.79. The van der Waals surface area contributed by atoms with Crippen LogP contribution in [-0.2, 0) is 4.79 Å². The summed E-state index contributed by atoms with van der Waals surface area (Å²) < 4.78 is 0. The Morgan fingerprint density at radius 2 is 1.81 bits per heavy atom. The third-order valence-electron chi connectivity index (χ3n) is 3.29. The summed E-state index contributed by atoms with van der Waals surface area (Å²) in [4.78, 5) is 11.2. The number of hydrogen-bond donors (Lipinski definition) is 2. The van der Waals surface area contributed by atoms with Crippen molar-refractivity contribution >= 4 is 11.6 Å². The quantitative estimate of drug-likeness (QED) is 0.837. The summed E-state index contributed by atoms with van der Waals surface area (Å²) in [5.74, 6) is -0.0409. The molecule has 21 heavy (non-hydrogen) atoms. The lowest BCUT2D eigenvalue weighted by molar-refractivity contribution is -0.114. The van der Waals surface area contributed by atoms with E-state index in [0.717, 1.165) is 12.1 Å². The fourth-order valence-electron chi connectivity index (χ4n) is 3.14. The number of rotatable bonds is 5. The second-order valence-corrected chi connectivity index (χ2v) is 7.79. The average Bonchev–Trinajstić information content (AvgIpc) is 2.24. The van der Waals surface area contributed by atoms with Gasteiger partial charge in [-0.3, -0.25) is 4.79 Å². The van der Waals surface area contributed by atoms with Crippen molar-refractivity contribution in [3.63, 3.8) is 0 Å². The van der Waals surface area contributed by atoms with Crippen LogP contribution in [0.25, 0.3) is 0 Å². The van der Waals surface area contributed by atoms with Gasteiger partial charge in [0.05, 0.1) is 0 Å². The highest BCUT2D eigenvalue weighted by molar-refractivity contribution is 5.88. The van der Waals surface area contributed by atoms with Crippen LogP contribution in [0, 0.1) is 5.41 Å². The normalized spacial score (nSPS) is 13.9. The Hall–Kier alpha value is -1.35. The molecular formula is C18H30N2O. The van der Waals surface area contributed by atoms with Crippen molar-refractivity contribution in [1.29, 1.82) is 0 Å². The van der Waals surface area contributed by atoms with Gasteiger partial charge in [0.15, 0.2) is 0 Å². The van der Waals surface area contributed by atoms with Crippen LogP contribution in [0.2, 0.25) is 0 Å². The van der Waals surface area contributed by atoms with Crippen LogP contribution in [-0.4, -0.2) is 11.4 Å². The van der Waals surface area contributed by atoms with Crippen molar-refractivity contribution in [2.75, 3.05) is 5.32 Å². The van der Waals surface area contributed by atoms with Gasteiger partial charge in [-0.25, -0.2) is 0 Å². The third kappa shape index (κ3) is 6.76. The molecule has 1 amide bonds. The maximum absolute atomic E-state index is 11.2. The summed E-state index contributed by atoms with van der Waals surface area (Å²) in [5, 5.41) is 6.53. The lowest BCUT2D eigenvalue weighted by Crippen LogP contribution is -2.43. The van der Waals surface area contributed by atoms with Crippen LogP contribution in [0.4, 0.5) is 5.69 Å². The zero-order valence-corrected chi connectivity index (χ0v) is 14.5. The zero-order valence-electron chi connectivity index (χ0n) is 14.5. The van der Waals surface area contributed by atoms with Gasteiger partial charge in [0, 0.05) is 24.2 Å². The molecule has 0 fully saturated rings. The molecule has 0 saturated carbocycles. The van der Waals surface area contributed by atoms with E-state index in [4.69, 9.17) is 0 Å². The Morgan fingerprint density at radius 3 is 2.33 bits per heavy atom. The maximum Gasteiger partial charge on any atom is 0.221 e. The number of hydrogen-bond acceptors (Lipinski definition) is 2. The number of nitrogens with one attached hydrogen (secondary N) is 2. The van der Waals surface area contributed by atoms with Crippen LogP contribution >= 0.6 is 0 Å². The molecule has 118 valence electrons. The van der Waals surface area contributed by atoms with Crippen molar-refractivity contribution < 1.29 is 4.79 Å². The summed E-state index contributed by atoms with van der Waals surface area (Å²) in [6.45, 7) is 15.0. The number of carbonyl (C=O) groups is 1. The van der Waals surface area contributed by atoms with Gasteiger partial charge < -0.3 is 10.6 Å². The molecule has 2 N–H and O–H groups in total. The summed E-state index contributed by atoms with van der Waals surface area (Å²) in [7, 11) is 0. The fraction of sp³-hybridized carbons (Fsp3) is 0.611. The first-order valence-electron chi connectivity index (χ1n) is 7.64. The van der Waals surface area contributed by atoms with Crippen LogP contribution in [0.3, 0.4) is 0 Å². The smallest absolute Gasteiger partial charge is 0.221 e. The van der Waals surface area contributed by atoms with Gasteiger partial charge in [-0.15, -0.1) is 0 Å². The molecule has 0 aliphatic heterocycles. The van der Waals surface area contributed by atoms with E-state index in [1.54, 1.807) is 0 Å². The van der Waals surface area contributed by atoms with Crippen LogP contribution < -0.4 is 10.6 Å². The predicted octanol–water partition coefficient (Wildman–Crippen LogP) is 4.51. The molecule has 0 aliphatic carbocycles. The third-order valence-corrected chi connectivity index (χ3v) is 3.29. The van der Waals surface area contributed by atoms with E-state index in [1.165, 1.54) is 12.5 Å². The van der Waals surface area contributed by atoms with Crippen molar-refractivity contribution in [2.45, 2.75) is 66.5 Å². The molecule has 1 aromatic rings. The van der Waals surface area contributed by atoms with Gasteiger partial charge in [0.1, 0.15) is 0 Å². The zero-order chi connectivity index (χ0) is 16.3. The van der Waals surface area contributed by atoms with E-state index in [1.807, 2.05) is 18.2 Å². The highest BCUT2D eigenvalue weighted by Gasteiger charge is 2.26. The lowest BCUT2D eigenvalue weighted by Gasteiger charge is -2.36. The van der Waals surface area contributed by atoms with Gasteiger partial charge in [0.2, 0.25) is 5.91 Å². The van der Waals surface area contributed by atoms with Crippen molar-refractivity contribution in [1.82, 2.24) is 5.32 Å². The Bertz CT molecular complexity index is 486. The number of amides is 1. The van der Waals surface area contributed by atoms with Gasteiger partial charge >= 0.3 is 0 Å². The molecule has 0 bridgehead atoms. The minimum Gasteiger partial charge on any atom is -0.326 e. The highest BCUT2D eigenvalue weighted by atomic mass is 16.1. The van der Waals surface area contributed by atoms with Crippen LogP contribution in [0.15, 0.2) is 24.3 Å². The standard InChI is InChI=1S/C18H30N2O/c1-13(20-18(6,7)12-17(3,4)5)15-9-8-10-16(11-15)19-14(2)21/h8-11,13,20H,12H2,1-7H3,(H,19,21). The molecule has 0 saturated heterocycles. The van der Waals surface area contributed by atoms with Gasteiger partial charge in [-0.2, -0.15) is 0 Å². The largest absolute Gasteiger partial charge is 0.326 e. The van der Waals surface area contributed by atoms with Gasteiger partial charge in [0.25, 0.3) is 0 Å². The molecule has 3 heteroatoms. The van der Waals surface area contributed by atoms with E-state index in [9.17, 15) is 4.79 Å². The first-order chi connectivity index (χ1) is 9.48. The Balaban J connectivity index is 2.79. The monoisotopic (exact) mass is 290 g/mol. The number of anilines is 1. The summed E-state index contributed by atoms with van der Waals surface area (Å²) >= 11 is 0. The molecule has 1 unspecified atom stereocenters. The minimum atomic E-state index is -0.0409. The van der Waals surface area contributed by atoms with E-state index >= 15 is 0 Å². The van der Waals surface area contributed by atoms with Gasteiger partial charge in [-0.05, 0) is 50.3 Å². The second kappa shape index (κ2) is 6.61. The molecule has 0 aromatic heterocycles. The molecule has 3 nitrogen and oxygen atoms in total.